The summed E-state index contributed by atoms with van der Waals surface area (Å²) in [4.78, 5) is 18.2. The monoisotopic (exact) mass is 233 g/mol. The van der Waals surface area contributed by atoms with Gasteiger partial charge in [-0.2, -0.15) is 0 Å². The lowest BCUT2D eigenvalue weighted by Gasteiger charge is -2.28. The van der Waals surface area contributed by atoms with Gasteiger partial charge in [-0.1, -0.05) is 6.07 Å². The first-order valence-electron chi connectivity index (χ1n) is 6.16. The average Bonchev–Trinajstić information content (AvgIpc) is 2.38. The van der Waals surface area contributed by atoms with Crippen molar-refractivity contribution in [3.05, 3.63) is 29.6 Å². The predicted molar refractivity (Wildman–Crippen MR) is 66.5 cm³/mol. The van der Waals surface area contributed by atoms with Gasteiger partial charge in [-0.3, -0.25) is 9.78 Å². The largest absolute Gasteiger partial charge is 0.338 e. The summed E-state index contributed by atoms with van der Waals surface area (Å²) in [7, 11) is 1.91. The molecule has 0 atom stereocenters. The number of hydrogen-bond donors (Lipinski definition) is 1. The first-order chi connectivity index (χ1) is 8.31. The van der Waals surface area contributed by atoms with E-state index < -0.39 is 0 Å². The third-order valence-corrected chi connectivity index (χ3v) is 3.13. The van der Waals surface area contributed by atoms with E-state index in [2.05, 4.69) is 16.4 Å². The fourth-order valence-electron chi connectivity index (χ4n) is 2.15. The predicted octanol–water partition coefficient (Wildman–Crippen LogP) is 0.966. The van der Waals surface area contributed by atoms with Crippen molar-refractivity contribution in [3.8, 4) is 0 Å². The van der Waals surface area contributed by atoms with Crippen LogP contribution in [0.15, 0.2) is 18.3 Å². The standard InChI is InChI=1S/C13H19N3O/c1-14-7-3-5-13(17)16-9-6-12-11(10-16)4-2-8-15-12/h2,4,8,14H,3,5-7,9-10H2,1H3. The normalized spacial score (nSPS) is 14.5. The lowest BCUT2D eigenvalue weighted by molar-refractivity contribution is -0.132. The fourth-order valence-corrected chi connectivity index (χ4v) is 2.15. The summed E-state index contributed by atoms with van der Waals surface area (Å²) in [6.07, 6.45) is 4.25. The van der Waals surface area contributed by atoms with Crippen molar-refractivity contribution in [2.24, 2.45) is 0 Å². The molecular weight excluding hydrogens is 214 g/mol. The Balaban J connectivity index is 1.91. The second kappa shape index (κ2) is 5.77. The van der Waals surface area contributed by atoms with E-state index in [0.29, 0.717) is 6.42 Å². The van der Waals surface area contributed by atoms with Gasteiger partial charge in [-0.25, -0.2) is 0 Å². The minimum Gasteiger partial charge on any atom is -0.338 e. The highest BCUT2D eigenvalue weighted by atomic mass is 16.2. The minimum atomic E-state index is 0.259. The number of rotatable bonds is 4. The van der Waals surface area contributed by atoms with Gasteiger partial charge < -0.3 is 10.2 Å². The van der Waals surface area contributed by atoms with Gasteiger partial charge >= 0.3 is 0 Å². The maximum absolute atomic E-state index is 12.0. The summed E-state index contributed by atoms with van der Waals surface area (Å²) >= 11 is 0. The third kappa shape index (κ3) is 3.03. The van der Waals surface area contributed by atoms with Crippen molar-refractivity contribution in [2.45, 2.75) is 25.8 Å². The number of aromatic nitrogens is 1. The fraction of sp³-hybridized carbons (Fsp3) is 0.538. The molecule has 0 aromatic carbocycles. The van der Waals surface area contributed by atoms with Crippen LogP contribution >= 0.6 is 0 Å². The highest BCUT2D eigenvalue weighted by Crippen LogP contribution is 2.17. The Bertz CT molecular complexity index is 392. The molecule has 1 aliphatic heterocycles. The maximum Gasteiger partial charge on any atom is 0.222 e. The molecule has 0 bridgehead atoms. The summed E-state index contributed by atoms with van der Waals surface area (Å²) in [5.41, 5.74) is 2.34. The Kier molecular flexibility index (Phi) is 4.09. The Morgan fingerprint density at radius 3 is 3.29 bits per heavy atom. The van der Waals surface area contributed by atoms with E-state index in [0.717, 1.165) is 38.2 Å². The van der Waals surface area contributed by atoms with E-state index in [4.69, 9.17) is 0 Å². The molecule has 1 amide bonds. The van der Waals surface area contributed by atoms with E-state index in [9.17, 15) is 4.79 Å². The topological polar surface area (TPSA) is 45.2 Å². The highest BCUT2D eigenvalue weighted by Gasteiger charge is 2.20. The van der Waals surface area contributed by atoms with Gasteiger partial charge in [0.05, 0.1) is 0 Å². The first kappa shape index (κ1) is 12.0. The molecule has 1 aromatic heterocycles. The number of carbonyl (C=O) groups excluding carboxylic acids is 1. The first-order valence-corrected chi connectivity index (χ1v) is 6.16. The van der Waals surface area contributed by atoms with E-state index in [1.165, 1.54) is 5.56 Å². The molecule has 0 radical (unpaired) electrons. The van der Waals surface area contributed by atoms with Gasteiger partial charge in [-0.15, -0.1) is 0 Å². The SMILES string of the molecule is CNCCCC(=O)N1CCc2ncccc2C1. The van der Waals surface area contributed by atoms with Crippen LogP contribution in [0.5, 0.6) is 0 Å². The molecule has 4 heteroatoms. The molecule has 0 spiro atoms. The van der Waals surface area contributed by atoms with Gasteiger partial charge in [0, 0.05) is 37.8 Å². The lowest BCUT2D eigenvalue weighted by atomic mass is 10.1. The highest BCUT2D eigenvalue weighted by molar-refractivity contribution is 5.76. The molecule has 0 aliphatic carbocycles. The van der Waals surface area contributed by atoms with Gasteiger partial charge in [0.1, 0.15) is 0 Å². The number of carbonyl (C=O) groups is 1. The Morgan fingerprint density at radius 1 is 1.59 bits per heavy atom. The summed E-state index contributed by atoms with van der Waals surface area (Å²) in [5, 5.41) is 3.06. The zero-order valence-corrected chi connectivity index (χ0v) is 10.3. The third-order valence-electron chi connectivity index (χ3n) is 3.13. The number of amides is 1. The molecule has 1 aromatic rings. The number of nitrogens with zero attached hydrogens (tertiary/aromatic N) is 2. The van der Waals surface area contributed by atoms with E-state index in [1.807, 2.05) is 24.2 Å². The molecule has 0 saturated heterocycles. The van der Waals surface area contributed by atoms with Gasteiger partial charge in [-0.05, 0) is 31.6 Å². The maximum atomic E-state index is 12.0. The van der Waals surface area contributed by atoms with Crippen LogP contribution in [-0.2, 0) is 17.8 Å². The second-order valence-electron chi connectivity index (χ2n) is 4.38. The van der Waals surface area contributed by atoms with Gasteiger partial charge in [0.25, 0.3) is 0 Å². The van der Waals surface area contributed by atoms with Crippen LogP contribution in [0.4, 0.5) is 0 Å². The summed E-state index contributed by atoms with van der Waals surface area (Å²) < 4.78 is 0. The molecule has 0 unspecified atom stereocenters. The van der Waals surface area contributed by atoms with Crippen molar-refractivity contribution in [2.75, 3.05) is 20.1 Å². The quantitative estimate of drug-likeness (QED) is 0.788. The van der Waals surface area contributed by atoms with Crippen LogP contribution in [-0.4, -0.2) is 35.9 Å². The molecule has 0 fully saturated rings. The Morgan fingerprint density at radius 2 is 2.47 bits per heavy atom. The molecule has 2 rings (SSSR count). The van der Waals surface area contributed by atoms with Crippen LogP contribution in [0, 0.1) is 0 Å². The summed E-state index contributed by atoms with van der Waals surface area (Å²) in [6.45, 7) is 2.43. The van der Waals surface area contributed by atoms with E-state index in [-0.39, 0.29) is 5.91 Å². The van der Waals surface area contributed by atoms with Crippen LogP contribution in [0.25, 0.3) is 0 Å². The van der Waals surface area contributed by atoms with Crippen LogP contribution < -0.4 is 5.32 Å². The Hall–Kier alpha value is -1.42. The minimum absolute atomic E-state index is 0.259. The number of pyridine rings is 1. The van der Waals surface area contributed by atoms with Crippen molar-refractivity contribution >= 4 is 5.91 Å². The second-order valence-corrected chi connectivity index (χ2v) is 4.38. The molecule has 1 N–H and O–H groups in total. The molecule has 1 aliphatic rings. The lowest BCUT2D eigenvalue weighted by Crippen LogP contribution is -2.36. The smallest absolute Gasteiger partial charge is 0.222 e. The Labute approximate surface area is 102 Å². The van der Waals surface area contributed by atoms with Crippen LogP contribution in [0.1, 0.15) is 24.1 Å². The van der Waals surface area contributed by atoms with Crippen LogP contribution in [0.2, 0.25) is 0 Å². The molecule has 92 valence electrons. The van der Waals surface area contributed by atoms with Crippen molar-refractivity contribution in [3.63, 3.8) is 0 Å². The molecule has 0 saturated carbocycles. The van der Waals surface area contributed by atoms with Crippen molar-refractivity contribution in [1.82, 2.24) is 15.2 Å². The molecule has 17 heavy (non-hydrogen) atoms. The molecule has 4 nitrogen and oxygen atoms in total. The van der Waals surface area contributed by atoms with E-state index >= 15 is 0 Å². The zero-order valence-electron chi connectivity index (χ0n) is 10.3. The van der Waals surface area contributed by atoms with Gasteiger partial charge in [0.2, 0.25) is 5.91 Å². The zero-order chi connectivity index (χ0) is 12.1. The molecular formula is C13H19N3O. The summed E-state index contributed by atoms with van der Waals surface area (Å²) in [5.74, 6) is 0.259. The summed E-state index contributed by atoms with van der Waals surface area (Å²) in [6, 6.07) is 4.00. The molecule has 2 heterocycles. The van der Waals surface area contributed by atoms with E-state index in [1.54, 1.807) is 0 Å². The number of hydrogen-bond acceptors (Lipinski definition) is 3. The number of fused-ring (bicyclic) bond motifs is 1. The van der Waals surface area contributed by atoms with Crippen LogP contribution in [0.3, 0.4) is 0 Å². The van der Waals surface area contributed by atoms with Gasteiger partial charge in [0.15, 0.2) is 0 Å². The number of nitrogens with one attached hydrogen (secondary N) is 1. The van der Waals surface area contributed by atoms with Crippen molar-refractivity contribution in [1.29, 1.82) is 0 Å². The average molecular weight is 233 g/mol. The van der Waals surface area contributed by atoms with Crippen molar-refractivity contribution < 1.29 is 4.79 Å².